The van der Waals surface area contributed by atoms with Gasteiger partial charge < -0.3 is 44.1 Å². The lowest BCUT2D eigenvalue weighted by molar-refractivity contribution is -0.321. The number of carbonyl (C=O) groups is 2. The highest BCUT2D eigenvalue weighted by Crippen LogP contribution is 2.37. The van der Waals surface area contributed by atoms with Gasteiger partial charge in [-0.05, 0) is 12.8 Å². The molecule has 2 aliphatic rings. The van der Waals surface area contributed by atoms with Crippen LogP contribution in [-0.4, -0.2) is 103 Å². The molecule has 1 saturated carbocycles. The van der Waals surface area contributed by atoms with Crippen molar-refractivity contribution < 1.29 is 53.7 Å². The van der Waals surface area contributed by atoms with Gasteiger partial charge in [0.05, 0.1) is 51.5 Å². The normalized spacial score (nSPS) is 39.2. The largest absolute Gasteiger partial charge is 0.469 e. The summed E-state index contributed by atoms with van der Waals surface area (Å²) in [5, 5.41) is 39.5. The summed E-state index contributed by atoms with van der Waals surface area (Å²) in [4.78, 5) is 24.5. The Morgan fingerprint density at radius 1 is 1.00 bits per heavy atom. The molecule has 0 unspecified atom stereocenters. The van der Waals surface area contributed by atoms with Crippen LogP contribution in [0.4, 0.5) is 0 Å². The molecule has 0 aromatic heterocycles. The SMILES string of the molecule is C=CCO[C@@H]1C[C@@H](C(=O)OC)[C@H](C(=O)OC)C[C@H]1O[C@H]1O[C@H](CO)[C@@H](O)[C@H](O)[C@@H]1O. The van der Waals surface area contributed by atoms with E-state index in [0.717, 1.165) is 0 Å². The zero-order valence-corrected chi connectivity index (χ0v) is 17.0. The number of aliphatic hydroxyl groups excluding tert-OH is 4. The summed E-state index contributed by atoms with van der Waals surface area (Å²) in [5.41, 5.74) is 0. The molecule has 1 aliphatic carbocycles. The molecule has 4 N–H and O–H groups in total. The minimum Gasteiger partial charge on any atom is -0.469 e. The average Bonchev–Trinajstić information content (AvgIpc) is 2.76. The topological polar surface area (TPSA) is 161 Å². The van der Waals surface area contributed by atoms with Crippen LogP contribution >= 0.6 is 0 Å². The Morgan fingerprint density at radius 3 is 2.07 bits per heavy atom. The van der Waals surface area contributed by atoms with Crippen LogP contribution in [0.15, 0.2) is 12.7 Å². The lowest BCUT2D eigenvalue weighted by Gasteiger charge is -2.44. The van der Waals surface area contributed by atoms with Gasteiger partial charge in [-0.3, -0.25) is 9.59 Å². The number of ether oxygens (including phenoxy) is 5. The van der Waals surface area contributed by atoms with Crippen molar-refractivity contribution in [1.82, 2.24) is 0 Å². The molecule has 9 atom stereocenters. The molecule has 0 bridgehead atoms. The van der Waals surface area contributed by atoms with E-state index in [1.807, 2.05) is 0 Å². The van der Waals surface area contributed by atoms with Crippen molar-refractivity contribution in [1.29, 1.82) is 0 Å². The number of esters is 2. The quantitative estimate of drug-likeness (QED) is 0.250. The summed E-state index contributed by atoms with van der Waals surface area (Å²) < 4.78 is 26.5. The van der Waals surface area contributed by atoms with E-state index in [1.165, 1.54) is 20.3 Å². The Kier molecular flexibility index (Phi) is 9.16. The second-order valence-corrected chi connectivity index (χ2v) is 7.26. The van der Waals surface area contributed by atoms with Crippen molar-refractivity contribution in [2.45, 2.75) is 55.8 Å². The summed E-state index contributed by atoms with van der Waals surface area (Å²) in [6, 6.07) is 0. The molecule has 172 valence electrons. The molecule has 0 amide bonds. The van der Waals surface area contributed by atoms with Crippen LogP contribution < -0.4 is 0 Å². The molecule has 0 radical (unpaired) electrons. The zero-order valence-electron chi connectivity index (χ0n) is 17.0. The van der Waals surface area contributed by atoms with Crippen molar-refractivity contribution in [3.8, 4) is 0 Å². The highest BCUT2D eigenvalue weighted by atomic mass is 16.7. The highest BCUT2D eigenvalue weighted by Gasteiger charge is 2.50. The number of carbonyl (C=O) groups excluding carboxylic acids is 2. The number of hydrogen-bond donors (Lipinski definition) is 4. The van der Waals surface area contributed by atoms with Gasteiger partial charge in [-0.2, -0.15) is 0 Å². The number of methoxy groups -OCH3 is 2. The first-order valence-corrected chi connectivity index (χ1v) is 9.63. The van der Waals surface area contributed by atoms with Crippen LogP contribution in [0.2, 0.25) is 0 Å². The lowest BCUT2D eigenvalue weighted by atomic mass is 9.76. The second kappa shape index (κ2) is 11.1. The maximum atomic E-state index is 12.3. The highest BCUT2D eigenvalue weighted by molar-refractivity contribution is 5.82. The van der Waals surface area contributed by atoms with Gasteiger partial charge in [0, 0.05) is 0 Å². The van der Waals surface area contributed by atoms with E-state index in [1.54, 1.807) is 0 Å². The van der Waals surface area contributed by atoms with Crippen LogP contribution in [0.25, 0.3) is 0 Å². The van der Waals surface area contributed by atoms with E-state index >= 15 is 0 Å². The van der Waals surface area contributed by atoms with Gasteiger partial charge >= 0.3 is 11.9 Å². The van der Waals surface area contributed by atoms with E-state index in [-0.39, 0.29) is 19.4 Å². The minimum absolute atomic E-state index is 0.0106. The van der Waals surface area contributed by atoms with Crippen LogP contribution in [0, 0.1) is 11.8 Å². The molecule has 11 heteroatoms. The second-order valence-electron chi connectivity index (χ2n) is 7.26. The predicted molar refractivity (Wildman–Crippen MR) is 98.8 cm³/mol. The van der Waals surface area contributed by atoms with Crippen molar-refractivity contribution in [3.63, 3.8) is 0 Å². The molecule has 1 heterocycles. The van der Waals surface area contributed by atoms with Crippen LogP contribution in [0.1, 0.15) is 12.8 Å². The van der Waals surface area contributed by atoms with Crippen LogP contribution in [0.5, 0.6) is 0 Å². The van der Waals surface area contributed by atoms with Gasteiger partial charge in [-0.15, -0.1) is 6.58 Å². The molecule has 2 rings (SSSR count). The van der Waals surface area contributed by atoms with E-state index in [0.29, 0.717) is 0 Å². The van der Waals surface area contributed by atoms with Crippen molar-refractivity contribution >= 4 is 11.9 Å². The maximum absolute atomic E-state index is 12.3. The van der Waals surface area contributed by atoms with Crippen molar-refractivity contribution in [2.75, 3.05) is 27.4 Å². The van der Waals surface area contributed by atoms with E-state index < -0.39 is 73.3 Å². The predicted octanol–water partition coefficient (Wildman–Crippen LogP) is -1.89. The fraction of sp³-hybridized carbons (Fsp3) is 0.789. The van der Waals surface area contributed by atoms with E-state index in [4.69, 9.17) is 23.7 Å². The third kappa shape index (κ3) is 5.35. The number of aliphatic hydroxyl groups is 4. The van der Waals surface area contributed by atoms with Crippen molar-refractivity contribution in [3.05, 3.63) is 12.7 Å². The molecule has 0 aromatic carbocycles. The number of rotatable bonds is 8. The summed E-state index contributed by atoms with van der Waals surface area (Å²) >= 11 is 0. The summed E-state index contributed by atoms with van der Waals surface area (Å²) in [5.74, 6) is -2.94. The fourth-order valence-electron chi connectivity index (χ4n) is 3.82. The molecule has 1 aliphatic heterocycles. The fourth-order valence-corrected chi connectivity index (χ4v) is 3.82. The maximum Gasteiger partial charge on any atom is 0.309 e. The lowest BCUT2D eigenvalue weighted by Crippen LogP contribution is -2.60. The van der Waals surface area contributed by atoms with Gasteiger partial charge in [0.1, 0.15) is 24.4 Å². The van der Waals surface area contributed by atoms with Gasteiger partial charge in [-0.1, -0.05) is 6.08 Å². The first kappa shape index (κ1) is 24.7. The molecule has 0 aromatic rings. The van der Waals surface area contributed by atoms with E-state index in [2.05, 4.69) is 6.58 Å². The van der Waals surface area contributed by atoms with Gasteiger partial charge in [0.15, 0.2) is 6.29 Å². The third-order valence-electron chi connectivity index (χ3n) is 5.47. The summed E-state index contributed by atoms with van der Waals surface area (Å²) in [7, 11) is 2.41. The third-order valence-corrected chi connectivity index (χ3v) is 5.47. The zero-order chi connectivity index (χ0) is 22.4. The van der Waals surface area contributed by atoms with E-state index in [9.17, 15) is 30.0 Å². The Bertz CT molecular complexity index is 595. The molecule has 1 saturated heterocycles. The van der Waals surface area contributed by atoms with Gasteiger partial charge in [0.25, 0.3) is 0 Å². The van der Waals surface area contributed by atoms with Gasteiger partial charge in [-0.25, -0.2) is 0 Å². The molecular weight excluding hydrogens is 404 g/mol. The minimum atomic E-state index is -1.61. The van der Waals surface area contributed by atoms with Crippen LogP contribution in [0.3, 0.4) is 0 Å². The average molecular weight is 434 g/mol. The molecule has 2 fully saturated rings. The summed E-state index contributed by atoms with van der Waals surface area (Å²) in [6.45, 7) is 3.10. The monoisotopic (exact) mass is 434 g/mol. The molecular formula is C19H30O11. The molecule has 11 nitrogen and oxygen atoms in total. The summed E-state index contributed by atoms with van der Waals surface area (Å²) in [6.07, 6.45) is -7.28. The Morgan fingerprint density at radius 2 is 1.57 bits per heavy atom. The standard InChI is InChI=1S/C19H30O11/c1-4-5-28-11-6-9(17(24)26-2)10(18(25)27-3)7-12(11)29-19-16(23)15(22)14(21)13(8-20)30-19/h4,9-16,19-23H,1,5-8H2,2-3H3/t9-,10-,11-,12-,13-,14-,15+,16+,19+/m1/s1. The number of hydrogen-bond acceptors (Lipinski definition) is 11. The van der Waals surface area contributed by atoms with Gasteiger partial charge in [0.2, 0.25) is 0 Å². The van der Waals surface area contributed by atoms with Crippen molar-refractivity contribution in [2.24, 2.45) is 11.8 Å². The first-order valence-electron chi connectivity index (χ1n) is 9.63. The Labute approximate surface area is 174 Å². The molecule has 0 spiro atoms. The Balaban J connectivity index is 2.24. The smallest absolute Gasteiger partial charge is 0.309 e. The van der Waals surface area contributed by atoms with Crippen LogP contribution in [-0.2, 0) is 33.3 Å². The molecule has 30 heavy (non-hydrogen) atoms. The first-order chi connectivity index (χ1) is 14.3. The Hall–Kier alpha value is -1.60.